The monoisotopic (exact) mass is 198 g/mol. The minimum Gasteiger partial charge on any atom is -0.463 e. The predicted molar refractivity (Wildman–Crippen MR) is 56.0 cm³/mol. The fraction of sp³-hybridized carbons (Fsp3) is 0.545. The van der Waals surface area contributed by atoms with Crippen molar-refractivity contribution in [2.24, 2.45) is 0 Å². The Balaban J connectivity index is 3.53. The molecule has 3 nitrogen and oxygen atoms in total. The lowest BCUT2D eigenvalue weighted by Crippen LogP contribution is -2.24. The van der Waals surface area contributed by atoms with Gasteiger partial charge in [0.2, 0.25) is 0 Å². The van der Waals surface area contributed by atoms with E-state index in [1.54, 1.807) is 19.1 Å². The Labute approximate surface area is 85.4 Å². The molecule has 0 amide bonds. The largest absolute Gasteiger partial charge is 0.463 e. The molecule has 0 aromatic rings. The average molecular weight is 198 g/mol. The summed E-state index contributed by atoms with van der Waals surface area (Å²) in [4.78, 5) is 11.2. The van der Waals surface area contributed by atoms with Gasteiger partial charge in [0, 0.05) is 0 Å². The van der Waals surface area contributed by atoms with Gasteiger partial charge in [0.05, 0.1) is 13.2 Å². The molecule has 1 unspecified atom stereocenters. The first-order valence-electron chi connectivity index (χ1n) is 4.72. The first kappa shape index (κ1) is 12.9. The van der Waals surface area contributed by atoms with Crippen LogP contribution in [-0.2, 0) is 14.3 Å². The maximum atomic E-state index is 11.2. The van der Waals surface area contributed by atoms with Crippen LogP contribution in [-0.4, -0.2) is 25.3 Å². The molecule has 3 heteroatoms. The third-order valence-corrected chi connectivity index (χ3v) is 1.59. The highest BCUT2D eigenvalue weighted by Crippen LogP contribution is 1.97. The molecular weight excluding hydrogens is 180 g/mol. The van der Waals surface area contributed by atoms with Crippen LogP contribution in [0.25, 0.3) is 0 Å². The molecule has 0 fully saturated rings. The number of carbonyl (C=O) groups is 1. The van der Waals surface area contributed by atoms with Crippen LogP contribution >= 0.6 is 0 Å². The molecule has 0 radical (unpaired) electrons. The van der Waals surface area contributed by atoms with Gasteiger partial charge in [-0.3, -0.25) is 0 Å². The van der Waals surface area contributed by atoms with Gasteiger partial charge in [0.15, 0.2) is 6.10 Å². The second-order valence-electron chi connectivity index (χ2n) is 2.84. The summed E-state index contributed by atoms with van der Waals surface area (Å²) >= 11 is 0. The van der Waals surface area contributed by atoms with E-state index < -0.39 is 6.10 Å². The highest BCUT2D eigenvalue weighted by Gasteiger charge is 2.13. The van der Waals surface area contributed by atoms with Crippen molar-refractivity contribution in [3.8, 4) is 0 Å². The lowest BCUT2D eigenvalue weighted by atomic mass is 10.4. The zero-order valence-corrected chi connectivity index (χ0v) is 8.70. The lowest BCUT2D eigenvalue weighted by Gasteiger charge is -2.11. The molecule has 80 valence electrons. The molecule has 0 aliphatic heterocycles. The molecular formula is C11H18O3. The average Bonchev–Trinajstić information content (AvgIpc) is 2.18. The Morgan fingerprint density at radius 3 is 2.43 bits per heavy atom. The van der Waals surface area contributed by atoms with E-state index in [-0.39, 0.29) is 5.97 Å². The van der Waals surface area contributed by atoms with E-state index in [0.29, 0.717) is 19.6 Å². The number of carbonyl (C=O) groups excluding carboxylic acids is 1. The summed E-state index contributed by atoms with van der Waals surface area (Å²) in [6.45, 7) is 9.64. The van der Waals surface area contributed by atoms with E-state index in [9.17, 15) is 4.79 Å². The minimum absolute atomic E-state index is 0.323. The first-order valence-corrected chi connectivity index (χ1v) is 4.72. The van der Waals surface area contributed by atoms with Gasteiger partial charge in [-0.05, 0) is 19.8 Å². The molecule has 0 aromatic heterocycles. The number of hydrogen-bond donors (Lipinski definition) is 0. The normalized spacial score (nSPS) is 11.8. The summed E-state index contributed by atoms with van der Waals surface area (Å²) in [5.41, 5.74) is 0. The number of hydrogen-bond acceptors (Lipinski definition) is 3. The third kappa shape index (κ3) is 6.43. The van der Waals surface area contributed by atoms with Crippen LogP contribution in [0.1, 0.15) is 19.8 Å². The highest BCUT2D eigenvalue weighted by atomic mass is 16.6. The third-order valence-electron chi connectivity index (χ3n) is 1.59. The highest BCUT2D eigenvalue weighted by molar-refractivity contribution is 5.74. The smallest absolute Gasteiger partial charge is 0.334 e. The molecule has 0 saturated carbocycles. The standard InChI is InChI=1S/C11H18O3/c1-4-6-8-13-10(3)11(12)14-9-7-5-2/h4-5,10H,1-2,6-9H2,3H3. The van der Waals surface area contributed by atoms with Crippen LogP contribution < -0.4 is 0 Å². The summed E-state index contributed by atoms with van der Waals surface area (Å²) in [5.74, 6) is -0.323. The molecule has 0 bridgehead atoms. The molecule has 0 aliphatic rings. The molecule has 0 spiro atoms. The fourth-order valence-electron chi connectivity index (χ4n) is 0.756. The quantitative estimate of drug-likeness (QED) is 0.340. The zero-order valence-electron chi connectivity index (χ0n) is 8.70. The van der Waals surface area contributed by atoms with Gasteiger partial charge < -0.3 is 9.47 Å². The van der Waals surface area contributed by atoms with Gasteiger partial charge in [-0.1, -0.05) is 12.2 Å². The Kier molecular flexibility index (Phi) is 7.84. The van der Waals surface area contributed by atoms with Crippen LogP contribution in [0, 0.1) is 0 Å². The summed E-state index contributed by atoms with van der Waals surface area (Å²) in [6, 6.07) is 0. The van der Waals surface area contributed by atoms with Crippen molar-refractivity contribution in [1.82, 2.24) is 0 Å². The fourth-order valence-corrected chi connectivity index (χ4v) is 0.756. The lowest BCUT2D eigenvalue weighted by molar-refractivity contribution is -0.155. The van der Waals surface area contributed by atoms with Crippen molar-refractivity contribution in [2.45, 2.75) is 25.9 Å². The van der Waals surface area contributed by atoms with Crippen molar-refractivity contribution in [2.75, 3.05) is 13.2 Å². The molecule has 0 aliphatic carbocycles. The van der Waals surface area contributed by atoms with Crippen molar-refractivity contribution in [3.63, 3.8) is 0 Å². The van der Waals surface area contributed by atoms with Crippen LogP contribution in [0.3, 0.4) is 0 Å². The van der Waals surface area contributed by atoms with Crippen molar-refractivity contribution >= 4 is 5.97 Å². The Hall–Kier alpha value is -1.09. The van der Waals surface area contributed by atoms with Crippen LogP contribution in [0.5, 0.6) is 0 Å². The molecule has 0 heterocycles. The second kappa shape index (κ2) is 8.51. The van der Waals surface area contributed by atoms with E-state index in [1.165, 1.54) is 0 Å². The van der Waals surface area contributed by atoms with Gasteiger partial charge in [-0.15, -0.1) is 13.2 Å². The van der Waals surface area contributed by atoms with Gasteiger partial charge in [-0.25, -0.2) is 4.79 Å². The number of rotatable bonds is 8. The SMILES string of the molecule is C=CCCOC(=O)C(C)OCCC=C. The van der Waals surface area contributed by atoms with Gasteiger partial charge in [0.25, 0.3) is 0 Å². The van der Waals surface area contributed by atoms with Gasteiger partial charge >= 0.3 is 5.97 Å². The number of esters is 1. The Bertz CT molecular complexity index is 187. The molecule has 0 rings (SSSR count). The molecule has 0 N–H and O–H groups in total. The van der Waals surface area contributed by atoms with E-state index in [4.69, 9.17) is 9.47 Å². The maximum Gasteiger partial charge on any atom is 0.334 e. The summed E-state index contributed by atoms with van der Waals surface area (Å²) in [7, 11) is 0. The second-order valence-corrected chi connectivity index (χ2v) is 2.84. The van der Waals surface area contributed by atoms with Crippen LogP contribution in [0.4, 0.5) is 0 Å². The molecule has 14 heavy (non-hydrogen) atoms. The molecule has 0 saturated heterocycles. The predicted octanol–water partition coefficient (Wildman–Crippen LogP) is 2.09. The van der Waals surface area contributed by atoms with Crippen molar-refractivity contribution in [1.29, 1.82) is 0 Å². The first-order chi connectivity index (χ1) is 6.72. The molecule has 1 atom stereocenters. The minimum atomic E-state index is -0.500. The van der Waals surface area contributed by atoms with Crippen molar-refractivity contribution in [3.05, 3.63) is 25.3 Å². The summed E-state index contributed by atoms with van der Waals surface area (Å²) in [5, 5.41) is 0. The van der Waals surface area contributed by atoms with E-state index in [0.717, 1.165) is 6.42 Å². The topological polar surface area (TPSA) is 35.5 Å². The number of ether oxygens (including phenoxy) is 2. The van der Waals surface area contributed by atoms with E-state index in [2.05, 4.69) is 13.2 Å². The summed E-state index contributed by atoms with van der Waals surface area (Å²) in [6.07, 6.45) is 4.36. The maximum absolute atomic E-state index is 11.2. The summed E-state index contributed by atoms with van der Waals surface area (Å²) < 4.78 is 10.1. The van der Waals surface area contributed by atoms with E-state index >= 15 is 0 Å². The Morgan fingerprint density at radius 1 is 1.29 bits per heavy atom. The van der Waals surface area contributed by atoms with E-state index in [1.807, 2.05) is 0 Å². The Morgan fingerprint density at radius 2 is 1.86 bits per heavy atom. The van der Waals surface area contributed by atoms with Crippen LogP contribution in [0.2, 0.25) is 0 Å². The molecule has 0 aromatic carbocycles. The van der Waals surface area contributed by atoms with Crippen LogP contribution in [0.15, 0.2) is 25.3 Å². The zero-order chi connectivity index (χ0) is 10.8. The van der Waals surface area contributed by atoms with Crippen molar-refractivity contribution < 1.29 is 14.3 Å². The van der Waals surface area contributed by atoms with Gasteiger partial charge in [0.1, 0.15) is 0 Å². The van der Waals surface area contributed by atoms with Gasteiger partial charge in [-0.2, -0.15) is 0 Å².